The van der Waals surface area contributed by atoms with Crippen molar-refractivity contribution in [2.75, 3.05) is 13.7 Å². The van der Waals surface area contributed by atoms with Crippen LogP contribution in [-0.4, -0.2) is 61.8 Å². The number of rotatable bonds is 11. The van der Waals surface area contributed by atoms with E-state index in [4.69, 9.17) is 23.0 Å². The Morgan fingerprint density at radius 3 is 2.33 bits per heavy atom. The SMILES string of the molecule is COc1cnc(C)c(F)c1-c1cc(C)ncc1C(=O)/N=c1\sc(OCC2CCC(O)CC2)nn1COP(=O)(OC(C)(C)C)OC(C)(C)C. The second-order valence-corrected chi connectivity index (χ2v) is 16.1. The fourth-order valence-corrected chi connectivity index (χ4v) is 7.42. The molecule has 1 saturated carbocycles. The molecule has 3 aromatic heterocycles. The zero-order valence-electron chi connectivity index (χ0n) is 28.9. The minimum absolute atomic E-state index is 0.00491. The fraction of sp³-hybridized carbons (Fsp3) is 0.594. The van der Waals surface area contributed by atoms with Gasteiger partial charge >= 0.3 is 7.82 Å². The highest BCUT2D eigenvalue weighted by Crippen LogP contribution is 2.55. The molecule has 3 heterocycles. The molecule has 0 aromatic carbocycles. The average molecular weight is 710 g/mol. The minimum atomic E-state index is -4.17. The van der Waals surface area contributed by atoms with Gasteiger partial charge in [0, 0.05) is 17.5 Å². The van der Waals surface area contributed by atoms with Gasteiger partial charge in [0.05, 0.1) is 54.0 Å². The number of halogens is 1. The molecule has 16 heteroatoms. The van der Waals surface area contributed by atoms with Gasteiger partial charge in [-0.3, -0.25) is 28.3 Å². The van der Waals surface area contributed by atoms with Gasteiger partial charge in [-0.1, -0.05) is 0 Å². The van der Waals surface area contributed by atoms with E-state index in [0.29, 0.717) is 25.1 Å². The van der Waals surface area contributed by atoms with Gasteiger partial charge in [0.25, 0.3) is 11.1 Å². The van der Waals surface area contributed by atoms with Gasteiger partial charge in [-0.25, -0.2) is 13.6 Å². The van der Waals surface area contributed by atoms with Crippen LogP contribution in [0.5, 0.6) is 10.9 Å². The molecule has 264 valence electrons. The number of aryl methyl sites for hydroxylation is 2. The maximum atomic E-state index is 15.5. The third-order valence-corrected chi connectivity index (χ3v) is 9.92. The lowest BCUT2D eigenvalue weighted by Crippen LogP contribution is -2.26. The van der Waals surface area contributed by atoms with Crippen LogP contribution in [0, 0.1) is 25.6 Å². The van der Waals surface area contributed by atoms with Crippen molar-refractivity contribution in [3.8, 4) is 22.1 Å². The molecule has 0 bridgehead atoms. The first kappa shape index (κ1) is 37.7. The predicted octanol–water partition coefficient (Wildman–Crippen LogP) is 6.55. The molecule has 13 nitrogen and oxygen atoms in total. The molecule has 0 saturated heterocycles. The summed E-state index contributed by atoms with van der Waals surface area (Å²) in [4.78, 5) is 26.5. The molecule has 1 amide bonds. The fourth-order valence-electron chi connectivity index (χ4n) is 4.94. The van der Waals surface area contributed by atoms with Crippen molar-refractivity contribution in [2.45, 2.75) is 105 Å². The van der Waals surface area contributed by atoms with Gasteiger partial charge in [0.2, 0.25) is 4.80 Å². The van der Waals surface area contributed by atoms with Gasteiger partial charge in [-0.05, 0) is 104 Å². The lowest BCUT2D eigenvalue weighted by Gasteiger charge is -2.30. The monoisotopic (exact) mass is 709 g/mol. The van der Waals surface area contributed by atoms with Crippen molar-refractivity contribution < 1.29 is 41.9 Å². The molecular formula is C32H45FN5O8PS. The molecular weight excluding hydrogens is 664 g/mol. The van der Waals surface area contributed by atoms with Crippen molar-refractivity contribution in [3.05, 3.63) is 46.0 Å². The van der Waals surface area contributed by atoms with E-state index in [2.05, 4.69) is 20.1 Å². The zero-order valence-corrected chi connectivity index (χ0v) is 30.6. The summed E-state index contributed by atoms with van der Waals surface area (Å²) in [5.41, 5.74) is -0.814. The van der Waals surface area contributed by atoms with E-state index < -0.39 is 37.5 Å². The highest BCUT2D eigenvalue weighted by atomic mass is 32.1. The van der Waals surface area contributed by atoms with E-state index in [1.807, 2.05) is 0 Å². The number of methoxy groups -OCH3 is 1. The molecule has 1 aliphatic rings. The number of hydrogen-bond acceptors (Lipinski definition) is 12. The van der Waals surface area contributed by atoms with E-state index in [0.717, 1.165) is 24.2 Å². The minimum Gasteiger partial charge on any atom is -0.494 e. The number of amides is 1. The summed E-state index contributed by atoms with van der Waals surface area (Å²) in [6.07, 6.45) is 5.41. The smallest absolute Gasteiger partial charge is 0.477 e. The zero-order chi connectivity index (χ0) is 35.4. The molecule has 0 radical (unpaired) electrons. The Kier molecular flexibility index (Phi) is 12.0. The number of phosphoric acid groups is 1. The molecule has 48 heavy (non-hydrogen) atoms. The van der Waals surface area contributed by atoms with Crippen molar-refractivity contribution in [1.29, 1.82) is 0 Å². The van der Waals surface area contributed by atoms with Crippen LogP contribution in [0.3, 0.4) is 0 Å². The van der Waals surface area contributed by atoms with Crippen LogP contribution in [0.4, 0.5) is 4.39 Å². The highest BCUT2D eigenvalue weighted by molar-refractivity contribution is 7.48. The lowest BCUT2D eigenvalue weighted by atomic mass is 9.88. The summed E-state index contributed by atoms with van der Waals surface area (Å²) in [5.74, 6) is -1.04. The Hall–Kier alpha value is -3.07. The molecule has 0 atom stereocenters. The van der Waals surface area contributed by atoms with E-state index in [1.54, 1.807) is 54.5 Å². The van der Waals surface area contributed by atoms with Crippen molar-refractivity contribution in [3.63, 3.8) is 0 Å². The summed E-state index contributed by atoms with van der Waals surface area (Å²) >= 11 is 0.979. The van der Waals surface area contributed by atoms with Crippen LogP contribution in [0.2, 0.25) is 0 Å². The van der Waals surface area contributed by atoms with E-state index in [1.165, 1.54) is 31.1 Å². The number of nitrogens with zero attached hydrogens (tertiary/aromatic N) is 5. The molecule has 3 aromatic rings. The summed E-state index contributed by atoms with van der Waals surface area (Å²) in [6.45, 7) is 13.4. The van der Waals surface area contributed by atoms with Crippen molar-refractivity contribution in [1.82, 2.24) is 19.7 Å². The maximum absolute atomic E-state index is 15.5. The lowest BCUT2D eigenvalue weighted by molar-refractivity contribution is -0.00819. The third-order valence-electron chi connectivity index (χ3n) is 7.09. The Bertz CT molecular complexity index is 1700. The quantitative estimate of drug-likeness (QED) is 0.215. The normalized spacial score (nSPS) is 17.9. The number of carbonyl (C=O) groups excluding carboxylic acids is 1. The van der Waals surface area contributed by atoms with E-state index >= 15 is 4.39 Å². The molecule has 0 unspecified atom stereocenters. The Balaban J connectivity index is 1.75. The molecule has 0 aliphatic heterocycles. The number of phosphoric ester groups is 1. The van der Waals surface area contributed by atoms with Gasteiger partial charge in [-0.2, -0.15) is 4.99 Å². The van der Waals surface area contributed by atoms with Crippen molar-refractivity contribution in [2.24, 2.45) is 10.9 Å². The number of aromatic nitrogens is 4. The molecule has 0 spiro atoms. The second kappa shape index (κ2) is 15.2. The first-order valence-electron chi connectivity index (χ1n) is 15.7. The van der Waals surface area contributed by atoms with E-state index in [-0.39, 0.29) is 50.2 Å². The Morgan fingerprint density at radius 1 is 1.08 bits per heavy atom. The predicted molar refractivity (Wildman–Crippen MR) is 177 cm³/mol. The van der Waals surface area contributed by atoms with Gasteiger partial charge < -0.3 is 14.6 Å². The van der Waals surface area contributed by atoms with Crippen LogP contribution >= 0.6 is 19.2 Å². The molecule has 1 aliphatic carbocycles. The Morgan fingerprint density at radius 2 is 1.73 bits per heavy atom. The second-order valence-electron chi connectivity index (χ2n) is 13.6. The third kappa shape index (κ3) is 10.2. The highest BCUT2D eigenvalue weighted by Gasteiger charge is 2.37. The largest absolute Gasteiger partial charge is 0.494 e. The first-order valence-corrected chi connectivity index (χ1v) is 17.9. The molecule has 1 fully saturated rings. The summed E-state index contributed by atoms with van der Waals surface area (Å²) in [7, 11) is -2.78. The Labute approximate surface area is 284 Å². The van der Waals surface area contributed by atoms with Crippen LogP contribution in [0.15, 0.2) is 23.5 Å². The summed E-state index contributed by atoms with van der Waals surface area (Å²) in [6, 6.07) is 1.58. The topological polar surface area (TPSA) is 156 Å². The number of ether oxygens (including phenoxy) is 2. The molecule has 4 rings (SSSR count). The van der Waals surface area contributed by atoms with Crippen LogP contribution in [0.1, 0.15) is 89.0 Å². The van der Waals surface area contributed by atoms with Gasteiger partial charge in [0.15, 0.2) is 12.5 Å². The number of pyridine rings is 2. The van der Waals surface area contributed by atoms with Gasteiger partial charge in [-0.15, -0.1) is 5.10 Å². The standard InChI is InChI=1S/C32H45FN5O8PS/c1-19-14-23(26-25(42-9)16-35-20(2)27(26)33)24(15-34-19)28(40)36-29-38(18-44-47(41,45-31(3,4)5)46-32(6,7)8)37-30(48-29)43-17-21-10-12-22(39)13-11-21/h14-16,21-22,39H,10-13,17-18H2,1-9H3/b36-29-. The van der Waals surface area contributed by atoms with Crippen LogP contribution in [-0.2, 0) is 24.9 Å². The summed E-state index contributed by atoms with van der Waals surface area (Å²) < 4.78 is 59.1. The van der Waals surface area contributed by atoms with E-state index in [9.17, 15) is 14.5 Å². The number of carbonyl (C=O) groups is 1. The maximum Gasteiger partial charge on any atom is 0.477 e. The number of aliphatic hydroxyl groups is 1. The number of hydrogen-bond donors (Lipinski definition) is 1. The summed E-state index contributed by atoms with van der Waals surface area (Å²) in [5, 5.41) is 14.5. The van der Waals surface area contributed by atoms with Crippen LogP contribution in [0.25, 0.3) is 11.1 Å². The van der Waals surface area contributed by atoms with Crippen molar-refractivity contribution >= 4 is 25.1 Å². The van der Waals surface area contributed by atoms with Crippen LogP contribution < -0.4 is 14.3 Å². The first-order chi connectivity index (χ1) is 22.4. The number of aliphatic hydroxyl groups excluding tert-OH is 1. The van der Waals surface area contributed by atoms with Gasteiger partial charge in [0.1, 0.15) is 5.75 Å². The average Bonchev–Trinajstić information content (AvgIpc) is 3.36. The molecule has 1 N–H and O–H groups in total.